The van der Waals surface area contributed by atoms with Gasteiger partial charge in [0.2, 0.25) is 0 Å². The molecule has 1 aromatic rings. The Morgan fingerprint density at radius 2 is 1.94 bits per heavy atom. The Balaban J connectivity index is 1.83. The third kappa shape index (κ3) is 6.85. The van der Waals surface area contributed by atoms with Gasteiger partial charge in [-0.1, -0.05) is 26.7 Å². The number of likely N-dealkylation sites (N-methyl/N-ethyl adjacent to an activating group) is 1. The van der Waals surface area contributed by atoms with Crippen LogP contribution in [0.5, 0.6) is 5.75 Å². The van der Waals surface area contributed by atoms with Crippen LogP contribution in [0.3, 0.4) is 0 Å². The maximum Gasteiger partial charge on any atom is 0.319 e. The van der Waals surface area contributed by atoms with Gasteiger partial charge in [-0.2, -0.15) is 0 Å². The predicted octanol–water partition coefficient (Wildman–Crippen LogP) is 3.97. The second-order valence-corrected chi connectivity index (χ2v) is 9.88. The van der Waals surface area contributed by atoms with Crippen molar-refractivity contribution in [2.45, 2.75) is 71.1 Å². The molecular weight excluding hydrogens is 432 g/mol. The molecule has 2 N–H and O–H groups in total. The van der Waals surface area contributed by atoms with Crippen LogP contribution in [-0.4, -0.2) is 80.3 Å². The second kappa shape index (κ2) is 12.4. The molecule has 1 aliphatic heterocycles. The minimum absolute atomic E-state index is 0.0653. The van der Waals surface area contributed by atoms with Crippen molar-refractivity contribution in [1.82, 2.24) is 15.1 Å². The van der Waals surface area contributed by atoms with Gasteiger partial charge in [-0.3, -0.25) is 9.69 Å². The highest BCUT2D eigenvalue weighted by atomic mass is 16.5. The van der Waals surface area contributed by atoms with E-state index in [1.807, 2.05) is 0 Å². The zero-order valence-electron chi connectivity index (χ0n) is 21.4. The number of fused-ring (bicyclic) bond motifs is 1. The first kappa shape index (κ1) is 26.3. The number of nitrogens with one attached hydrogen (secondary N) is 2. The number of ether oxygens (including phenoxy) is 2. The Bertz CT molecular complexity index is 827. The summed E-state index contributed by atoms with van der Waals surface area (Å²) in [4.78, 5) is 29.9. The highest BCUT2D eigenvalue weighted by Crippen LogP contribution is 2.27. The van der Waals surface area contributed by atoms with Crippen LogP contribution in [0.2, 0.25) is 0 Å². The van der Waals surface area contributed by atoms with Crippen LogP contribution in [0.1, 0.15) is 63.2 Å². The van der Waals surface area contributed by atoms with E-state index >= 15 is 0 Å². The molecule has 2 aliphatic rings. The van der Waals surface area contributed by atoms with Crippen LogP contribution in [0, 0.1) is 5.92 Å². The Hall–Kier alpha value is -2.32. The lowest BCUT2D eigenvalue weighted by molar-refractivity contribution is 0.0108. The van der Waals surface area contributed by atoms with E-state index in [2.05, 4.69) is 36.3 Å². The van der Waals surface area contributed by atoms with Crippen LogP contribution in [0.25, 0.3) is 0 Å². The molecule has 0 radical (unpaired) electrons. The molecule has 8 heteroatoms. The molecule has 1 saturated carbocycles. The first-order valence-corrected chi connectivity index (χ1v) is 12.7. The zero-order chi connectivity index (χ0) is 24.7. The lowest BCUT2D eigenvalue weighted by Crippen LogP contribution is -2.46. The molecule has 3 rings (SSSR count). The minimum atomic E-state index is -0.220. The third-order valence-electron chi connectivity index (χ3n) is 7.03. The van der Waals surface area contributed by atoms with E-state index in [4.69, 9.17) is 9.47 Å². The summed E-state index contributed by atoms with van der Waals surface area (Å²) < 4.78 is 12.0. The van der Waals surface area contributed by atoms with E-state index in [0.29, 0.717) is 30.2 Å². The topological polar surface area (TPSA) is 83.1 Å². The fourth-order valence-corrected chi connectivity index (χ4v) is 4.95. The van der Waals surface area contributed by atoms with E-state index in [9.17, 15) is 9.59 Å². The summed E-state index contributed by atoms with van der Waals surface area (Å²) in [5, 5.41) is 5.94. The van der Waals surface area contributed by atoms with Gasteiger partial charge in [0.05, 0.1) is 11.7 Å². The van der Waals surface area contributed by atoms with Gasteiger partial charge >= 0.3 is 6.03 Å². The molecule has 1 fully saturated rings. The highest BCUT2D eigenvalue weighted by molar-refractivity contribution is 5.98. The summed E-state index contributed by atoms with van der Waals surface area (Å²) in [6.07, 6.45) is 5.34. The molecule has 1 aromatic carbocycles. The normalized spacial score (nSPS) is 25.1. The van der Waals surface area contributed by atoms with E-state index in [0.717, 1.165) is 45.2 Å². The number of anilines is 1. The average Bonchev–Trinajstić information content (AvgIpc) is 3.32. The fourth-order valence-electron chi connectivity index (χ4n) is 4.95. The average molecular weight is 475 g/mol. The van der Waals surface area contributed by atoms with Gasteiger partial charge in [-0.15, -0.1) is 0 Å². The Kier molecular flexibility index (Phi) is 9.59. The SMILES string of the molecule is CCCN1C[C@@H](C)[C@H](OC)CN(C)C(=O)c2ccc(NC(=O)NC3CCCC3)cc2OC[C@H]1C. The highest BCUT2D eigenvalue weighted by Gasteiger charge is 2.28. The number of benzene rings is 1. The van der Waals surface area contributed by atoms with Crippen LogP contribution in [0.4, 0.5) is 10.5 Å². The largest absolute Gasteiger partial charge is 0.491 e. The van der Waals surface area contributed by atoms with Crippen LogP contribution < -0.4 is 15.4 Å². The molecule has 0 unspecified atom stereocenters. The van der Waals surface area contributed by atoms with Gasteiger partial charge in [-0.25, -0.2) is 4.79 Å². The number of hydrogen-bond donors (Lipinski definition) is 2. The lowest BCUT2D eigenvalue weighted by atomic mass is 10.0. The van der Waals surface area contributed by atoms with Gasteiger partial charge in [-0.05, 0) is 50.8 Å². The Morgan fingerprint density at radius 3 is 2.62 bits per heavy atom. The van der Waals surface area contributed by atoms with E-state index in [1.54, 1.807) is 37.3 Å². The molecule has 3 amide bonds. The number of carbonyl (C=O) groups excluding carboxylic acids is 2. The van der Waals surface area contributed by atoms with E-state index in [1.165, 1.54) is 0 Å². The molecule has 1 heterocycles. The number of rotatable bonds is 5. The first-order valence-electron chi connectivity index (χ1n) is 12.7. The number of amides is 3. The molecule has 190 valence electrons. The second-order valence-electron chi connectivity index (χ2n) is 9.88. The molecular formula is C26H42N4O4. The van der Waals surface area contributed by atoms with Gasteiger partial charge in [0, 0.05) is 51.1 Å². The van der Waals surface area contributed by atoms with Crippen molar-refractivity contribution < 1.29 is 19.1 Å². The summed E-state index contributed by atoms with van der Waals surface area (Å²) in [6.45, 7) is 9.29. The quantitative estimate of drug-likeness (QED) is 0.675. The number of nitrogens with zero attached hydrogens (tertiary/aromatic N) is 2. The third-order valence-corrected chi connectivity index (χ3v) is 7.03. The maximum atomic E-state index is 13.3. The number of methoxy groups -OCH3 is 1. The van der Waals surface area contributed by atoms with Crippen molar-refractivity contribution in [3.8, 4) is 5.75 Å². The van der Waals surface area contributed by atoms with Gasteiger partial charge in [0.1, 0.15) is 12.4 Å². The zero-order valence-corrected chi connectivity index (χ0v) is 21.4. The fraction of sp³-hybridized carbons (Fsp3) is 0.692. The summed E-state index contributed by atoms with van der Waals surface area (Å²) in [5.41, 5.74) is 1.10. The summed E-state index contributed by atoms with van der Waals surface area (Å²) in [7, 11) is 3.51. The molecule has 34 heavy (non-hydrogen) atoms. The Morgan fingerprint density at radius 1 is 1.21 bits per heavy atom. The van der Waals surface area contributed by atoms with Crippen LogP contribution in [-0.2, 0) is 4.74 Å². The van der Waals surface area contributed by atoms with Gasteiger partial charge < -0.3 is 25.0 Å². The molecule has 0 aromatic heterocycles. The van der Waals surface area contributed by atoms with Crippen molar-refractivity contribution >= 4 is 17.6 Å². The first-order chi connectivity index (χ1) is 16.3. The van der Waals surface area contributed by atoms with Crippen molar-refractivity contribution in [3.05, 3.63) is 23.8 Å². The summed E-state index contributed by atoms with van der Waals surface area (Å²) in [6, 6.07) is 5.44. The van der Waals surface area contributed by atoms with Crippen molar-refractivity contribution in [2.75, 3.05) is 45.7 Å². The molecule has 3 atom stereocenters. The smallest absolute Gasteiger partial charge is 0.319 e. The summed E-state index contributed by atoms with van der Waals surface area (Å²) in [5.74, 6) is 0.629. The molecule has 0 saturated heterocycles. The van der Waals surface area contributed by atoms with Gasteiger partial charge in [0.25, 0.3) is 5.91 Å². The number of urea groups is 1. The van der Waals surface area contributed by atoms with Crippen molar-refractivity contribution in [2.24, 2.45) is 5.92 Å². The minimum Gasteiger partial charge on any atom is -0.491 e. The van der Waals surface area contributed by atoms with E-state index < -0.39 is 0 Å². The van der Waals surface area contributed by atoms with Crippen LogP contribution >= 0.6 is 0 Å². The van der Waals surface area contributed by atoms with Crippen molar-refractivity contribution in [1.29, 1.82) is 0 Å². The van der Waals surface area contributed by atoms with Crippen LogP contribution in [0.15, 0.2) is 18.2 Å². The number of carbonyl (C=O) groups is 2. The molecule has 0 bridgehead atoms. The van der Waals surface area contributed by atoms with Gasteiger partial charge in [0.15, 0.2) is 0 Å². The molecule has 8 nitrogen and oxygen atoms in total. The standard InChI is InChI=1S/C26H42N4O4/c1-6-13-30-15-18(2)24(33-5)16-29(4)25(31)22-12-11-21(14-23(22)34-17-19(30)3)28-26(32)27-20-9-7-8-10-20/h11-12,14,18-20,24H,6-10,13,15-17H2,1-5H3,(H2,27,28,32)/t18-,19-,24-/m1/s1. The monoisotopic (exact) mass is 474 g/mol. The number of hydrogen-bond acceptors (Lipinski definition) is 5. The van der Waals surface area contributed by atoms with E-state index in [-0.39, 0.29) is 36.0 Å². The maximum absolute atomic E-state index is 13.3. The predicted molar refractivity (Wildman–Crippen MR) is 135 cm³/mol. The molecule has 0 spiro atoms. The Labute approximate surface area is 204 Å². The molecule has 1 aliphatic carbocycles. The van der Waals surface area contributed by atoms with Crippen molar-refractivity contribution in [3.63, 3.8) is 0 Å². The summed E-state index contributed by atoms with van der Waals surface area (Å²) >= 11 is 0. The lowest BCUT2D eigenvalue weighted by Gasteiger charge is -2.35.